The van der Waals surface area contributed by atoms with Crippen LogP contribution in [-0.2, 0) is 18.9 Å². The maximum absolute atomic E-state index is 11.4. The summed E-state index contributed by atoms with van der Waals surface area (Å²) in [5.74, 6) is -0.450. The zero-order valence-corrected chi connectivity index (χ0v) is 33.4. The maximum Gasteiger partial charge on any atom is 0.354 e. The standard InChI is InChI=1S/4C8H12N4O4/c4*9-7-10-3-12(8(15)11-7)6-1-4(14)5(2-13)16-6/h4*3-6,13-14H,1-2H2,(H2,9,11,15)/t4*4-,5+,6+/m0000/s1. The van der Waals surface area contributed by atoms with E-state index in [0.29, 0.717) is 0 Å². The highest BCUT2D eigenvalue weighted by Gasteiger charge is 2.38. The Morgan fingerprint density at radius 3 is 0.750 bits per heavy atom. The van der Waals surface area contributed by atoms with Crippen LogP contribution in [0.15, 0.2) is 44.5 Å². The topological polar surface area (TPSA) is 494 Å². The Morgan fingerprint density at radius 2 is 0.609 bits per heavy atom. The molecule has 0 bridgehead atoms. The molecule has 4 aliphatic heterocycles. The Morgan fingerprint density at radius 1 is 0.422 bits per heavy atom. The van der Waals surface area contributed by atoms with Crippen molar-refractivity contribution in [2.75, 3.05) is 49.4 Å². The monoisotopic (exact) mass is 912 g/mol. The molecule has 4 aliphatic rings. The van der Waals surface area contributed by atoms with Crippen molar-refractivity contribution in [2.45, 2.75) is 99.4 Å². The molecule has 16 N–H and O–H groups in total. The molecule has 0 saturated carbocycles. The second kappa shape index (κ2) is 22.0. The zero-order valence-electron chi connectivity index (χ0n) is 33.4. The predicted octanol–water partition coefficient (Wildman–Crippen LogP) is -8.56. The molecule has 32 nitrogen and oxygen atoms in total. The molecular weight excluding hydrogens is 864 g/mol. The van der Waals surface area contributed by atoms with Crippen LogP contribution in [0.5, 0.6) is 0 Å². The third-order valence-corrected chi connectivity index (χ3v) is 9.76. The summed E-state index contributed by atoms with van der Waals surface area (Å²) < 4.78 is 25.6. The molecule has 0 aromatic carbocycles. The maximum atomic E-state index is 11.4. The number of rotatable bonds is 8. The van der Waals surface area contributed by atoms with E-state index in [1.54, 1.807) is 0 Å². The number of aliphatic hydroxyl groups is 8. The minimum atomic E-state index is -0.806. The summed E-state index contributed by atoms with van der Waals surface area (Å²) in [4.78, 5) is 74.2. The number of ether oxygens (including phenoxy) is 4. The van der Waals surface area contributed by atoms with Crippen molar-refractivity contribution in [1.82, 2.24) is 58.1 Å². The van der Waals surface area contributed by atoms with Gasteiger partial charge in [-0.05, 0) is 0 Å². The van der Waals surface area contributed by atoms with Crippen LogP contribution >= 0.6 is 0 Å². The number of aliphatic hydroxyl groups excluding tert-OH is 8. The highest BCUT2D eigenvalue weighted by atomic mass is 16.6. The molecule has 4 fully saturated rings. The number of aromatic nitrogens is 12. The van der Waals surface area contributed by atoms with Gasteiger partial charge in [-0.25, -0.2) is 39.1 Å². The zero-order chi connectivity index (χ0) is 46.8. The van der Waals surface area contributed by atoms with Crippen LogP contribution in [0.1, 0.15) is 50.6 Å². The van der Waals surface area contributed by atoms with Gasteiger partial charge < -0.3 is 82.7 Å². The van der Waals surface area contributed by atoms with E-state index in [-0.39, 0.29) is 75.9 Å². The van der Waals surface area contributed by atoms with Crippen LogP contribution in [0.3, 0.4) is 0 Å². The van der Waals surface area contributed by atoms with Gasteiger partial charge >= 0.3 is 22.8 Å². The van der Waals surface area contributed by atoms with Crippen LogP contribution in [0.25, 0.3) is 0 Å². The van der Waals surface area contributed by atoms with Gasteiger partial charge in [-0.15, -0.1) is 0 Å². The minimum absolute atomic E-state index is 0.112. The second-order valence-corrected chi connectivity index (χ2v) is 14.1. The molecule has 0 aliphatic carbocycles. The number of hydrogen-bond acceptors (Lipinski definition) is 28. The Kier molecular flexibility index (Phi) is 16.9. The quantitative estimate of drug-likeness (QED) is 0.0781. The fraction of sp³-hybridized carbons (Fsp3) is 0.625. The average molecular weight is 913 g/mol. The molecule has 0 spiro atoms. The molecule has 8 rings (SSSR count). The van der Waals surface area contributed by atoms with E-state index < -0.39 is 96.5 Å². The van der Waals surface area contributed by atoms with Gasteiger partial charge in [0.05, 0.1) is 50.8 Å². The summed E-state index contributed by atoms with van der Waals surface area (Å²) in [6.07, 6.45) is -2.97. The summed E-state index contributed by atoms with van der Waals surface area (Å²) in [6.45, 7) is -1.21. The lowest BCUT2D eigenvalue weighted by molar-refractivity contribution is -0.0462. The van der Waals surface area contributed by atoms with Crippen LogP contribution in [0.2, 0.25) is 0 Å². The van der Waals surface area contributed by atoms with Gasteiger partial charge in [0.15, 0.2) is 0 Å². The minimum Gasteiger partial charge on any atom is -0.394 e. The first-order chi connectivity index (χ1) is 30.5. The van der Waals surface area contributed by atoms with Gasteiger partial charge in [0, 0.05) is 25.7 Å². The molecular formula is C32H48N16O16. The summed E-state index contributed by atoms with van der Waals surface area (Å²) in [5.41, 5.74) is 18.6. The van der Waals surface area contributed by atoms with E-state index in [9.17, 15) is 39.6 Å². The number of nitrogens with zero attached hydrogens (tertiary/aromatic N) is 12. The number of hydrogen-bond donors (Lipinski definition) is 12. The normalized spacial score (nSPS) is 29.5. The molecule has 0 radical (unpaired) electrons. The highest BCUT2D eigenvalue weighted by Crippen LogP contribution is 2.29. The van der Waals surface area contributed by atoms with E-state index >= 15 is 0 Å². The third kappa shape index (κ3) is 12.1. The molecule has 12 atom stereocenters. The Labute approximate surface area is 357 Å². The van der Waals surface area contributed by atoms with Gasteiger partial charge in [-0.2, -0.15) is 19.9 Å². The SMILES string of the molecule is Nc1ncn([C@H]2C[C@H](O)[C@@H](CO)O2)c(=O)n1.Nc1ncn([C@H]2C[C@H](O)[C@@H](CO)O2)c(=O)n1.Nc1ncn([C@H]2C[C@H](O)[C@@H](CO)O2)c(=O)n1.Nc1ncn([C@H]2C[C@H](O)[C@@H](CO)O2)c(=O)n1. The fourth-order valence-electron chi connectivity index (χ4n) is 6.41. The first-order valence-electron chi connectivity index (χ1n) is 19.1. The Bertz CT molecular complexity index is 2060. The number of nitrogens with two attached hydrogens (primary N) is 4. The smallest absolute Gasteiger partial charge is 0.354 e. The average Bonchev–Trinajstić information content (AvgIpc) is 4.02. The van der Waals surface area contributed by atoms with Crippen molar-refractivity contribution in [3.05, 3.63) is 67.2 Å². The van der Waals surface area contributed by atoms with E-state index in [2.05, 4.69) is 39.9 Å². The van der Waals surface area contributed by atoms with Crippen molar-refractivity contribution in [2.24, 2.45) is 0 Å². The first-order valence-corrected chi connectivity index (χ1v) is 19.1. The van der Waals surface area contributed by atoms with Gasteiger partial charge in [0.1, 0.15) is 74.6 Å². The van der Waals surface area contributed by atoms with Gasteiger partial charge in [-0.3, -0.25) is 18.3 Å². The third-order valence-electron chi connectivity index (χ3n) is 9.76. The molecule has 32 heteroatoms. The number of anilines is 4. The Balaban J connectivity index is 0.000000161. The molecule has 8 heterocycles. The molecule has 352 valence electrons. The molecule has 4 saturated heterocycles. The summed E-state index contributed by atoms with van der Waals surface area (Å²) >= 11 is 0. The van der Waals surface area contributed by atoms with E-state index in [0.717, 1.165) is 18.3 Å². The van der Waals surface area contributed by atoms with Crippen molar-refractivity contribution in [3.63, 3.8) is 0 Å². The van der Waals surface area contributed by atoms with Gasteiger partial charge in [-0.1, -0.05) is 0 Å². The van der Waals surface area contributed by atoms with Crippen LogP contribution in [0.4, 0.5) is 23.8 Å². The lowest BCUT2D eigenvalue weighted by atomic mass is 10.2. The van der Waals surface area contributed by atoms with Crippen molar-refractivity contribution in [3.8, 4) is 0 Å². The molecule has 0 unspecified atom stereocenters. The fourth-order valence-corrected chi connectivity index (χ4v) is 6.41. The molecule has 4 aromatic heterocycles. The molecule has 64 heavy (non-hydrogen) atoms. The largest absolute Gasteiger partial charge is 0.394 e. The second-order valence-electron chi connectivity index (χ2n) is 14.1. The summed E-state index contributed by atoms with van der Waals surface area (Å²) in [7, 11) is 0. The Hall–Kier alpha value is -6.04. The van der Waals surface area contributed by atoms with E-state index in [1.807, 2.05) is 0 Å². The van der Waals surface area contributed by atoms with Crippen LogP contribution in [0, 0.1) is 0 Å². The highest BCUT2D eigenvalue weighted by molar-refractivity contribution is 5.12. The predicted molar refractivity (Wildman–Crippen MR) is 209 cm³/mol. The summed E-state index contributed by atoms with van der Waals surface area (Å²) in [5, 5.41) is 73.6. The van der Waals surface area contributed by atoms with Crippen molar-refractivity contribution in [1.29, 1.82) is 0 Å². The summed E-state index contributed by atoms with van der Waals surface area (Å²) in [6, 6.07) is 0. The number of nitrogen functional groups attached to an aromatic ring is 4. The van der Waals surface area contributed by atoms with Crippen molar-refractivity contribution >= 4 is 23.8 Å². The van der Waals surface area contributed by atoms with Crippen molar-refractivity contribution < 1.29 is 59.8 Å². The molecule has 0 amide bonds. The molecule has 4 aromatic rings. The van der Waals surface area contributed by atoms with Gasteiger partial charge in [0.25, 0.3) is 0 Å². The lowest BCUT2D eigenvalue weighted by Gasteiger charge is -2.13. The lowest BCUT2D eigenvalue weighted by Crippen LogP contribution is -2.28. The van der Waals surface area contributed by atoms with Gasteiger partial charge in [0.2, 0.25) is 23.8 Å². The van der Waals surface area contributed by atoms with E-state index in [1.165, 1.54) is 25.3 Å². The van der Waals surface area contributed by atoms with E-state index in [4.69, 9.17) is 62.3 Å². The first kappa shape index (κ1) is 49.0. The van der Waals surface area contributed by atoms with Crippen LogP contribution in [-0.4, -0.2) is 174 Å². The van der Waals surface area contributed by atoms with Crippen LogP contribution < -0.4 is 45.7 Å².